The van der Waals surface area contributed by atoms with Crippen molar-refractivity contribution in [3.63, 3.8) is 0 Å². The molecule has 38 heavy (non-hydrogen) atoms. The summed E-state index contributed by atoms with van der Waals surface area (Å²) in [6.07, 6.45) is -0.169. The highest BCUT2D eigenvalue weighted by molar-refractivity contribution is 7.91. The summed E-state index contributed by atoms with van der Waals surface area (Å²) in [6, 6.07) is 23.5. The zero-order valence-electron chi connectivity index (χ0n) is 20.3. The first kappa shape index (κ1) is 25.3. The van der Waals surface area contributed by atoms with Gasteiger partial charge >= 0.3 is 5.97 Å². The summed E-state index contributed by atoms with van der Waals surface area (Å²) in [5, 5.41) is 14.9. The Morgan fingerprint density at radius 3 is 2.47 bits per heavy atom. The second-order valence-electron chi connectivity index (χ2n) is 9.10. The van der Waals surface area contributed by atoms with Gasteiger partial charge in [0, 0.05) is 10.9 Å². The second-order valence-corrected chi connectivity index (χ2v) is 11.1. The minimum absolute atomic E-state index is 0.0537. The lowest BCUT2D eigenvalue weighted by Gasteiger charge is -2.15. The fourth-order valence-corrected chi connectivity index (χ4v) is 6.11. The van der Waals surface area contributed by atoms with Crippen molar-refractivity contribution >= 4 is 26.6 Å². The lowest BCUT2D eigenvalue weighted by Crippen LogP contribution is -2.26. The smallest absolute Gasteiger partial charge is 0.307 e. The average molecular weight is 531 g/mol. The molecule has 1 N–H and O–H groups in total. The number of aromatic nitrogens is 2. The van der Waals surface area contributed by atoms with E-state index in [-0.39, 0.29) is 28.6 Å². The maximum absolute atomic E-state index is 15.0. The third-order valence-electron chi connectivity index (χ3n) is 6.34. The van der Waals surface area contributed by atoms with Gasteiger partial charge in [0.2, 0.25) is 5.82 Å². The molecule has 4 aromatic carbocycles. The summed E-state index contributed by atoms with van der Waals surface area (Å²) in [5.41, 5.74) is 2.20. The van der Waals surface area contributed by atoms with E-state index >= 15 is 4.39 Å². The van der Waals surface area contributed by atoms with Gasteiger partial charge in [0.1, 0.15) is 5.82 Å². The first-order valence-electron chi connectivity index (χ1n) is 11.8. The molecule has 7 nitrogen and oxygen atoms in total. The number of carbonyl (C=O) groups is 1. The number of hydrogen-bond acceptors (Lipinski definition) is 6. The molecule has 0 fully saturated rings. The largest absolute Gasteiger partial charge is 0.481 e. The van der Waals surface area contributed by atoms with Gasteiger partial charge < -0.3 is 9.63 Å². The fraction of sp³-hybridized carbons (Fsp3) is 0.138. The summed E-state index contributed by atoms with van der Waals surface area (Å²) in [7, 11) is -3.95. The first-order valence-corrected chi connectivity index (χ1v) is 13.5. The number of aryl methyl sites for hydroxylation is 1. The van der Waals surface area contributed by atoms with E-state index in [4.69, 9.17) is 4.52 Å². The Morgan fingerprint density at radius 1 is 1.00 bits per heavy atom. The van der Waals surface area contributed by atoms with E-state index in [1.165, 1.54) is 18.2 Å². The number of carboxylic acids is 1. The van der Waals surface area contributed by atoms with Crippen LogP contribution in [0.1, 0.15) is 11.1 Å². The highest BCUT2D eigenvalue weighted by atomic mass is 32.2. The highest BCUT2D eigenvalue weighted by Crippen LogP contribution is 2.28. The number of rotatable bonds is 8. The van der Waals surface area contributed by atoms with Crippen LogP contribution >= 0.6 is 0 Å². The normalized spacial score (nSPS) is 12.5. The summed E-state index contributed by atoms with van der Waals surface area (Å²) in [4.78, 5) is 16.4. The number of fused-ring (bicyclic) bond motifs is 1. The van der Waals surface area contributed by atoms with Crippen LogP contribution in [-0.2, 0) is 21.1 Å². The number of nitrogens with zero attached hydrogens (tertiary/aromatic N) is 2. The third kappa shape index (κ3) is 5.19. The highest BCUT2D eigenvalue weighted by Gasteiger charge is 2.28. The minimum atomic E-state index is -3.95. The zero-order chi connectivity index (χ0) is 26.9. The van der Waals surface area contributed by atoms with Gasteiger partial charge in [-0.1, -0.05) is 65.3 Å². The molecule has 1 heterocycles. The molecule has 0 saturated carbocycles. The van der Waals surface area contributed by atoms with Crippen molar-refractivity contribution in [3.8, 4) is 22.8 Å². The van der Waals surface area contributed by atoms with Crippen molar-refractivity contribution in [3.05, 3.63) is 102 Å². The molecular formula is C29H23FN2O5S. The van der Waals surface area contributed by atoms with Crippen molar-refractivity contribution in [1.29, 1.82) is 0 Å². The van der Waals surface area contributed by atoms with Gasteiger partial charge in [-0.05, 0) is 54.6 Å². The van der Waals surface area contributed by atoms with Gasteiger partial charge in [0.15, 0.2) is 9.84 Å². The molecule has 0 aliphatic carbocycles. The predicted octanol–water partition coefficient (Wildman–Crippen LogP) is 5.72. The number of hydrogen-bond donors (Lipinski definition) is 1. The van der Waals surface area contributed by atoms with Gasteiger partial charge in [0.05, 0.1) is 22.1 Å². The summed E-state index contributed by atoms with van der Waals surface area (Å²) in [6.45, 7) is 1.95. The number of benzene rings is 4. The predicted molar refractivity (Wildman–Crippen MR) is 141 cm³/mol. The van der Waals surface area contributed by atoms with Crippen LogP contribution in [0, 0.1) is 18.7 Å². The maximum Gasteiger partial charge on any atom is 0.307 e. The second kappa shape index (κ2) is 10.2. The summed E-state index contributed by atoms with van der Waals surface area (Å²) in [5.74, 6) is -3.54. The lowest BCUT2D eigenvalue weighted by molar-refractivity contribution is -0.140. The Hall–Kier alpha value is -4.37. The molecule has 5 rings (SSSR count). The van der Waals surface area contributed by atoms with Crippen molar-refractivity contribution in [2.45, 2.75) is 18.2 Å². The van der Waals surface area contributed by atoms with Gasteiger partial charge in [-0.25, -0.2) is 12.8 Å². The van der Waals surface area contributed by atoms with E-state index < -0.39 is 33.3 Å². The van der Waals surface area contributed by atoms with Gasteiger partial charge in [-0.3, -0.25) is 4.79 Å². The molecule has 0 bridgehead atoms. The topological polar surface area (TPSA) is 110 Å². The molecule has 0 aliphatic heterocycles. The Labute approximate surface area is 218 Å². The minimum Gasteiger partial charge on any atom is -0.481 e. The van der Waals surface area contributed by atoms with E-state index in [9.17, 15) is 18.3 Å². The Bertz CT molecular complexity index is 1740. The molecular weight excluding hydrogens is 507 g/mol. The molecule has 5 aromatic rings. The van der Waals surface area contributed by atoms with Gasteiger partial charge in [-0.15, -0.1) is 0 Å². The zero-order valence-corrected chi connectivity index (χ0v) is 21.2. The number of halogens is 1. The van der Waals surface area contributed by atoms with Crippen molar-refractivity contribution < 1.29 is 27.2 Å². The van der Waals surface area contributed by atoms with E-state index in [2.05, 4.69) is 10.1 Å². The van der Waals surface area contributed by atoms with Crippen molar-refractivity contribution in [2.75, 3.05) is 5.75 Å². The molecule has 192 valence electrons. The van der Waals surface area contributed by atoms with Crippen LogP contribution in [0.4, 0.5) is 4.39 Å². The van der Waals surface area contributed by atoms with Crippen LogP contribution in [0.2, 0.25) is 0 Å². The molecule has 0 radical (unpaired) electrons. The molecule has 0 aliphatic rings. The average Bonchev–Trinajstić information content (AvgIpc) is 3.38. The molecule has 1 atom stereocenters. The summed E-state index contributed by atoms with van der Waals surface area (Å²) < 4.78 is 46.8. The van der Waals surface area contributed by atoms with Crippen molar-refractivity contribution in [1.82, 2.24) is 10.1 Å². The van der Waals surface area contributed by atoms with Crippen LogP contribution < -0.4 is 0 Å². The molecule has 9 heteroatoms. The first-order chi connectivity index (χ1) is 18.2. The Kier molecular flexibility index (Phi) is 6.77. The van der Waals surface area contributed by atoms with E-state index in [1.807, 2.05) is 31.2 Å². The van der Waals surface area contributed by atoms with Crippen LogP contribution in [0.3, 0.4) is 0 Å². The summed E-state index contributed by atoms with van der Waals surface area (Å²) >= 11 is 0. The molecule has 0 saturated heterocycles. The maximum atomic E-state index is 15.0. The molecule has 0 amide bonds. The molecule has 0 spiro atoms. The quantitative estimate of drug-likeness (QED) is 0.273. The molecule has 1 unspecified atom stereocenters. The van der Waals surface area contributed by atoms with E-state index in [1.54, 1.807) is 42.5 Å². The standard InChI is InChI=1S/C29H23FN2O5S/c1-18-9-12-21(13-10-18)28-31-27(32-37-28)24-14-11-19(16-25(24)30)15-22(29(33)34)17-38(35,36)26-8-4-6-20-5-2-3-7-23(20)26/h2-14,16,22H,15,17H2,1H3,(H,33,34). The van der Waals surface area contributed by atoms with Crippen molar-refractivity contribution in [2.24, 2.45) is 5.92 Å². The van der Waals surface area contributed by atoms with Crippen LogP contribution in [0.5, 0.6) is 0 Å². The van der Waals surface area contributed by atoms with E-state index in [0.29, 0.717) is 16.5 Å². The Balaban J connectivity index is 1.37. The van der Waals surface area contributed by atoms with E-state index in [0.717, 1.165) is 10.9 Å². The third-order valence-corrected chi connectivity index (χ3v) is 8.20. The molecule has 1 aromatic heterocycles. The van der Waals surface area contributed by atoms with Crippen LogP contribution in [0.15, 0.2) is 94.3 Å². The number of carboxylic acid groups (broad SMARTS) is 1. The lowest BCUT2D eigenvalue weighted by atomic mass is 9.99. The monoisotopic (exact) mass is 530 g/mol. The Morgan fingerprint density at radius 2 is 1.74 bits per heavy atom. The SMILES string of the molecule is Cc1ccc(-c2nc(-c3ccc(CC(CS(=O)(=O)c4cccc5ccccc45)C(=O)O)cc3F)no2)cc1. The van der Waals surface area contributed by atoms with Gasteiger partial charge in [-0.2, -0.15) is 4.98 Å². The van der Waals surface area contributed by atoms with Crippen LogP contribution in [0.25, 0.3) is 33.6 Å². The van der Waals surface area contributed by atoms with Gasteiger partial charge in [0.25, 0.3) is 5.89 Å². The fourth-order valence-electron chi connectivity index (χ4n) is 4.34. The number of aliphatic carboxylic acids is 1. The number of sulfone groups is 1. The van der Waals surface area contributed by atoms with Crippen LogP contribution in [-0.4, -0.2) is 35.4 Å².